The summed E-state index contributed by atoms with van der Waals surface area (Å²) in [5.74, 6) is -0.281. The first-order chi connectivity index (χ1) is 10.7. The number of benzene rings is 1. The van der Waals surface area contributed by atoms with Crippen molar-refractivity contribution in [1.29, 1.82) is 0 Å². The van der Waals surface area contributed by atoms with Gasteiger partial charge in [-0.15, -0.1) is 0 Å². The third-order valence-electron chi connectivity index (χ3n) is 3.94. The van der Waals surface area contributed by atoms with E-state index in [2.05, 4.69) is 10.4 Å². The zero-order valence-electron chi connectivity index (χ0n) is 12.6. The van der Waals surface area contributed by atoms with Crippen LogP contribution in [0.3, 0.4) is 0 Å². The van der Waals surface area contributed by atoms with Crippen molar-refractivity contribution < 1.29 is 9.18 Å². The molecule has 1 N–H and O–H groups in total. The van der Waals surface area contributed by atoms with Gasteiger partial charge in [-0.2, -0.15) is 5.10 Å². The summed E-state index contributed by atoms with van der Waals surface area (Å²) in [6, 6.07) is 6.08. The number of hydrogen-bond donors (Lipinski definition) is 1. The van der Waals surface area contributed by atoms with E-state index in [-0.39, 0.29) is 11.7 Å². The van der Waals surface area contributed by atoms with Crippen LogP contribution in [0.15, 0.2) is 30.5 Å². The van der Waals surface area contributed by atoms with E-state index in [9.17, 15) is 9.18 Å². The maximum atomic E-state index is 13.0. The van der Waals surface area contributed by atoms with Gasteiger partial charge in [0.05, 0.1) is 23.1 Å². The molecule has 5 nitrogen and oxygen atoms in total. The molecule has 1 fully saturated rings. The average Bonchev–Trinajstić information content (AvgIpc) is 2.75. The molecule has 0 radical (unpaired) electrons. The molecule has 0 atom stereocenters. The molecule has 1 aliphatic heterocycles. The Balaban J connectivity index is 1.86. The third kappa shape index (κ3) is 2.87. The van der Waals surface area contributed by atoms with Gasteiger partial charge in [-0.05, 0) is 44.2 Å². The number of nitrogens with one attached hydrogen (secondary N) is 1. The van der Waals surface area contributed by atoms with Crippen LogP contribution in [0, 0.1) is 12.7 Å². The molecular formula is C16H19FN4O. The highest BCUT2D eigenvalue weighted by Gasteiger charge is 2.21. The van der Waals surface area contributed by atoms with Crippen LogP contribution in [0.25, 0.3) is 5.69 Å². The van der Waals surface area contributed by atoms with Gasteiger partial charge < -0.3 is 10.2 Å². The molecular weight excluding hydrogens is 283 g/mol. The molecule has 3 rings (SSSR count). The lowest BCUT2D eigenvalue weighted by Gasteiger charge is -2.19. The van der Waals surface area contributed by atoms with E-state index in [1.165, 1.54) is 12.1 Å². The summed E-state index contributed by atoms with van der Waals surface area (Å²) in [6.07, 6.45) is 2.55. The molecule has 0 bridgehead atoms. The Morgan fingerprint density at radius 3 is 2.77 bits per heavy atom. The van der Waals surface area contributed by atoms with Crippen LogP contribution in [-0.2, 0) is 0 Å². The zero-order valence-corrected chi connectivity index (χ0v) is 12.6. The summed E-state index contributed by atoms with van der Waals surface area (Å²) >= 11 is 0. The number of halogens is 1. The Morgan fingerprint density at radius 2 is 2.00 bits per heavy atom. The second kappa shape index (κ2) is 6.27. The minimum atomic E-state index is -0.290. The van der Waals surface area contributed by atoms with Gasteiger partial charge in [0.1, 0.15) is 5.82 Å². The number of rotatable bonds is 2. The Bertz CT molecular complexity index is 657. The van der Waals surface area contributed by atoms with E-state index in [1.807, 2.05) is 11.8 Å². The van der Waals surface area contributed by atoms with E-state index in [1.54, 1.807) is 23.0 Å². The van der Waals surface area contributed by atoms with E-state index >= 15 is 0 Å². The summed E-state index contributed by atoms with van der Waals surface area (Å²) in [6.45, 7) is 5.08. The van der Waals surface area contributed by atoms with Crippen molar-refractivity contribution in [3.05, 3.63) is 47.5 Å². The van der Waals surface area contributed by atoms with Crippen molar-refractivity contribution >= 4 is 5.91 Å². The quantitative estimate of drug-likeness (QED) is 0.919. The molecule has 0 unspecified atom stereocenters. The second-order valence-corrected chi connectivity index (χ2v) is 5.43. The van der Waals surface area contributed by atoms with Crippen LogP contribution in [0.2, 0.25) is 0 Å². The molecule has 6 heteroatoms. The van der Waals surface area contributed by atoms with Crippen LogP contribution in [-0.4, -0.2) is 46.8 Å². The van der Waals surface area contributed by atoms with Gasteiger partial charge in [0.2, 0.25) is 0 Å². The lowest BCUT2D eigenvalue weighted by Crippen LogP contribution is -2.34. The Morgan fingerprint density at radius 1 is 1.23 bits per heavy atom. The Labute approximate surface area is 128 Å². The molecule has 1 aromatic heterocycles. The Hall–Kier alpha value is -2.21. The largest absolute Gasteiger partial charge is 0.337 e. The van der Waals surface area contributed by atoms with Gasteiger partial charge in [0, 0.05) is 19.6 Å². The van der Waals surface area contributed by atoms with Crippen LogP contribution in [0.4, 0.5) is 4.39 Å². The number of nitrogens with zero attached hydrogens (tertiary/aromatic N) is 3. The maximum Gasteiger partial charge on any atom is 0.257 e. The molecule has 1 saturated heterocycles. The van der Waals surface area contributed by atoms with Crippen molar-refractivity contribution in [2.45, 2.75) is 13.3 Å². The highest BCUT2D eigenvalue weighted by atomic mass is 19.1. The van der Waals surface area contributed by atoms with Gasteiger partial charge in [-0.1, -0.05) is 0 Å². The first-order valence-corrected chi connectivity index (χ1v) is 7.47. The van der Waals surface area contributed by atoms with E-state index in [0.29, 0.717) is 12.1 Å². The Kier molecular flexibility index (Phi) is 4.20. The summed E-state index contributed by atoms with van der Waals surface area (Å²) in [7, 11) is 0. The first kappa shape index (κ1) is 14.7. The zero-order chi connectivity index (χ0) is 15.5. The molecule has 1 aromatic carbocycles. The topological polar surface area (TPSA) is 50.2 Å². The van der Waals surface area contributed by atoms with Crippen LogP contribution in [0.1, 0.15) is 22.5 Å². The summed E-state index contributed by atoms with van der Waals surface area (Å²) < 4.78 is 14.7. The van der Waals surface area contributed by atoms with E-state index in [0.717, 1.165) is 37.4 Å². The van der Waals surface area contributed by atoms with Crippen LogP contribution >= 0.6 is 0 Å². The molecule has 0 saturated carbocycles. The van der Waals surface area contributed by atoms with Crippen molar-refractivity contribution in [2.75, 3.05) is 26.2 Å². The van der Waals surface area contributed by atoms with Gasteiger partial charge in [0.25, 0.3) is 5.91 Å². The highest BCUT2D eigenvalue weighted by molar-refractivity contribution is 5.95. The normalized spacial score (nSPS) is 15.6. The van der Waals surface area contributed by atoms with Gasteiger partial charge in [0.15, 0.2) is 0 Å². The number of amides is 1. The average molecular weight is 302 g/mol. The van der Waals surface area contributed by atoms with Crippen LogP contribution < -0.4 is 5.32 Å². The van der Waals surface area contributed by atoms with Crippen molar-refractivity contribution in [3.63, 3.8) is 0 Å². The summed E-state index contributed by atoms with van der Waals surface area (Å²) in [5.41, 5.74) is 2.12. The minimum Gasteiger partial charge on any atom is -0.337 e. The number of hydrogen-bond acceptors (Lipinski definition) is 3. The molecule has 22 heavy (non-hydrogen) atoms. The number of carbonyl (C=O) groups excluding carboxylic acids is 1. The fourth-order valence-corrected chi connectivity index (χ4v) is 2.68. The molecule has 0 spiro atoms. The molecule has 0 aliphatic carbocycles. The summed E-state index contributed by atoms with van der Waals surface area (Å²) in [5, 5.41) is 7.57. The van der Waals surface area contributed by atoms with Gasteiger partial charge in [-0.3, -0.25) is 4.79 Å². The lowest BCUT2D eigenvalue weighted by atomic mass is 10.2. The molecule has 2 aromatic rings. The molecule has 116 valence electrons. The lowest BCUT2D eigenvalue weighted by molar-refractivity contribution is 0.0765. The highest BCUT2D eigenvalue weighted by Crippen LogP contribution is 2.16. The van der Waals surface area contributed by atoms with E-state index in [4.69, 9.17) is 0 Å². The van der Waals surface area contributed by atoms with Crippen molar-refractivity contribution in [2.24, 2.45) is 0 Å². The first-order valence-electron chi connectivity index (χ1n) is 7.47. The van der Waals surface area contributed by atoms with Gasteiger partial charge in [-0.25, -0.2) is 9.07 Å². The van der Waals surface area contributed by atoms with E-state index < -0.39 is 0 Å². The van der Waals surface area contributed by atoms with Crippen molar-refractivity contribution in [3.8, 4) is 5.69 Å². The van der Waals surface area contributed by atoms with Gasteiger partial charge >= 0.3 is 0 Å². The maximum absolute atomic E-state index is 13.0. The second-order valence-electron chi connectivity index (χ2n) is 5.43. The monoisotopic (exact) mass is 302 g/mol. The molecule has 1 aliphatic rings. The van der Waals surface area contributed by atoms with Crippen molar-refractivity contribution in [1.82, 2.24) is 20.0 Å². The molecule has 2 heterocycles. The van der Waals surface area contributed by atoms with Crippen LogP contribution in [0.5, 0.6) is 0 Å². The SMILES string of the molecule is Cc1c(C(=O)N2CCCNCC2)cnn1-c1ccc(F)cc1. The standard InChI is InChI=1S/C16H19FN4O/c1-12-15(16(22)20-9-2-7-18-8-10-20)11-19-21(12)14-5-3-13(17)4-6-14/h3-6,11,18H,2,7-10H2,1H3. The fraction of sp³-hybridized carbons (Fsp3) is 0.375. The number of carbonyl (C=O) groups is 1. The predicted molar refractivity (Wildman–Crippen MR) is 81.6 cm³/mol. The predicted octanol–water partition coefficient (Wildman–Crippen LogP) is 1.76. The molecule has 1 amide bonds. The smallest absolute Gasteiger partial charge is 0.257 e. The minimum absolute atomic E-state index is 0.00885. The number of aromatic nitrogens is 2. The fourth-order valence-electron chi connectivity index (χ4n) is 2.68. The summed E-state index contributed by atoms with van der Waals surface area (Å²) in [4.78, 5) is 14.5. The third-order valence-corrected chi connectivity index (χ3v) is 3.94.